The summed E-state index contributed by atoms with van der Waals surface area (Å²) in [5, 5.41) is 0. The van der Waals surface area contributed by atoms with Gasteiger partial charge in [0.1, 0.15) is 0 Å². The van der Waals surface area contributed by atoms with E-state index in [0.29, 0.717) is 5.82 Å². The van der Waals surface area contributed by atoms with Gasteiger partial charge in [0, 0.05) is 32.5 Å². The first-order chi connectivity index (χ1) is 7.18. The van der Waals surface area contributed by atoms with Crippen LogP contribution in [0.25, 0.3) is 0 Å². The number of anilines is 1. The third kappa shape index (κ3) is 1.93. The quantitative estimate of drug-likeness (QED) is 0.640. The Hall–Kier alpha value is -1.58. The molecule has 1 aliphatic rings. The van der Waals surface area contributed by atoms with E-state index in [1.807, 2.05) is 4.90 Å². The smallest absolute Gasteiger partial charge is 0.293 e. The molecule has 1 aromatic rings. The van der Waals surface area contributed by atoms with E-state index in [0.717, 1.165) is 25.9 Å². The molecule has 0 atom stereocenters. The Morgan fingerprint density at radius 1 is 1.40 bits per heavy atom. The molecule has 0 unspecified atom stereocenters. The zero-order valence-electron chi connectivity index (χ0n) is 8.94. The average Bonchev–Trinajstić information content (AvgIpc) is 2.24. The maximum absolute atomic E-state index is 11.8. The van der Waals surface area contributed by atoms with Crippen LogP contribution in [0.3, 0.4) is 0 Å². The van der Waals surface area contributed by atoms with Gasteiger partial charge in [0.05, 0.1) is 0 Å². The molecule has 0 bridgehead atoms. The van der Waals surface area contributed by atoms with Crippen LogP contribution in [0.15, 0.2) is 29.3 Å². The lowest BCUT2D eigenvalue weighted by Crippen LogP contribution is -2.36. The van der Waals surface area contributed by atoms with Crippen LogP contribution in [0.2, 0.25) is 0 Å². The molecule has 4 heteroatoms. The minimum absolute atomic E-state index is 0.0231. The van der Waals surface area contributed by atoms with Crippen molar-refractivity contribution in [2.45, 2.75) is 12.8 Å². The van der Waals surface area contributed by atoms with E-state index < -0.39 is 0 Å². The Bertz CT molecular complexity index is 426. The van der Waals surface area contributed by atoms with Gasteiger partial charge in [-0.3, -0.25) is 4.79 Å². The highest BCUT2D eigenvalue weighted by Crippen LogP contribution is 2.16. The number of hydrogen-bond acceptors (Lipinski definition) is 3. The van der Waals surface area contributed by atoms with Crippen LogP contribution >= 0.6 is 0 Å². The first-order valence-electron chi connectivity index (χ1n) is 5.12. The van der Waals surface area contributed by atoms with E-state index in [1.165, 1.54) is 5.57 Å². The van der Waals surface area contributed by atoms with Gasteiger partial charge >= 0.3 is 0 Å². The summed E-state index contributed by atoms with van der Waals surface area (Å²) in [4.78, 5) is 18.0. The maximum atomic E-state index is 11.8. The summed E-state index contributed by atoms with van der Waals surface area (Å²) in [5.41, 5.74) is 1.24. The maximum Gasteiger partial charge on any atom is 0.293 e. The molecule has 1 fully saturated rings. The minimum atomic E-state index is -0.0231. The summed E-state index contributed by atoms with van der Waals surface area (Å²) in [6, 6.07) is 0. The molecular weight excluding hydrogens is 190 g/mol. The van der Waals surface area contributed by atoms with Crippen LogP contribution in [0.5, 0.6) is 0 Å². The van der Waals surface area contributed by atoms with Crippen LogP contribution in [0.4, 0.5) is 5.82 Å². The standard InChI is InChI=1S/C11H15N3O/c1-9-3-6-14(7-4-9)10-11(15)13(2)8-5-12-10/h5,8H,1,3-4,6-7H2,2H3. The largest absolute Gasteiger partial charge is 0.351 e. The second kappa shape index (κ2) is 3.88. The molecule has 4 nitrogen and oxygen atoms in total. The van der Waals surface area contributed by atoms with Crippen molar-refractivity contribution in [3.05, 3.63) is 34.9 Å². The van der Waals surface area contributed by atoms with Crippen LogP contribution in [-0.4, -0.2) is 22.6 Å². The van der Waals surface area contributed by atoms with Gasteiger partial charge in [-0.15, -0.1) is 0 Å². The molecule has 1 aliphatic heterocycles. The molecule has 2 heterocycles. The Kier molecular flexibility index (Phi) is 2.58. The Labute approximate surface area is 88.9 Å². The zero-order valence-corrected chi connectivity index (χ0v) is 8.94. The molecule has 1 aromatic heterocycles. The number of piperidine rings is 1. The van der Waals surface area contributed by atoms with Gasteiger partial charge in [0.2, 0.25) is 0 Å². The highest BCUT2D eigenvalue weighted by atomic mass is 16.1. The lowest BCUT2D eigenvalue weighted by atomic mass is 10.1. The van der Waals surface area contributed by atoms with Crippen molar-refractivity contribution in [3.63, 3.8) is 0 Å². The predicted molar refractivity (Wildman–Crippen MR) is 60.1 cm³/mol. The van der Waals surface area contributed by atoms with Gasteiger partial charge in [-0.1, -0.05) is 12.2 Å². The average molecular weight is 205 g/mol. The first-order valence-corrected chi connectivity index (χ1v) is 5.12. The highest BCUT2D eigenvalue weighted by molar-refractivity contribution is 5.37. The van der Waals surface area contributed by atoms with Crippen molar-refractivity contribution in [2.24, 2.45) is 7.05 Å². The van der Waals surface area contributed by atoms with Crippen LogP contribution in [0.1, 0.15) is 12.8 Å². The van der Waals surface area contributed by atoms with E-state index in [4.69, 9.17) is 0 Å². The second-order valence-corrected chi connectivity index (χ2v) is 3.90. The second-order valence-electron chi connectivity index (χ2n) is 3.90. The molecule has 0 aliphatic carbocycles. The number of hydrogen-bond donors (Lipinski definition) is 0. The van der Waals surface area contributed by atoms with Gasteiger partial charge in [-0.05, 0) is 12.8 Å². The molecule has 15 heavy (non-hydrogen) atoms. The topological polar surface area (TPSA) is 38.1 Å². The molecule has 0 aromatic carbocycles. The summed E-state index contributed by atoms with van der Waals surface area (Å²) in [7, 11) is 1.75. The third-order valence-electron chi connectivity index (χ3n) is 2.77. The normalized spacial score (nSPS) is 16.9. The number of aromatic nitrogens is 2. The van der Waals surface area contributed by atoms with Gasteiger partial charge in [0.15, 0.2) is 5.82 Å². The van der Waals surface area contributed by atoms with E-state index in [1.54, 1.807) is 24.0 Å². The number of nitrogens with zero attached hydrogens (tertiary/aromatic N) is 3. The monoisotopic (exact) mass is 205 g/mol. The van der Waals surface area contributed by atoms with Crippen molar-refractivity contribution < 1.29 is 0 Å². The van der Waals surface area contributed by atoms with Gasteiger partial charge in [-0.25, -0.2) is 4.98 Å². The summed E-state index contributed by atoms with van der Waals surface area (Å²) in [6.45, 7) is 5.66. The molecule has 0 saturated carbocycles. The van der Waals surface area contributed by atoms with Crippen molar-refractivity contribution >= 4 is 5.82 Å². The van der Waals surface area contributed by atoms with Crippen LogP contribution < -0.4 is 10.5 Å². The zero-order chi connectivity index (χ0) is 10.8. The molecule has 80 valence electrons. The van der Waals surface area contributed by atoms with Crippen molar-refractivity contribution in [2.75, 3.05) is 18.0 Å². The fraction of sp³-hybridized carbons (Fsp3) is 0.455. The predicted octanol–water partition coefficient (Wildman–Crippen LogP) is 0.937. The van der Waals surface area contributed by atoms with E-state index in [2.05, 4.69) is 11.6 Å². The molecule has 1 saturated heterocycles. The van der Waals surface area contributed by atoms with E-state index in [-0.39, 0.29) is 5.56 Å². The molecule has 0 N–H and O–H groups in total. The SMILES string of the molecule is C=C1CCN(c2nccn(C)c2=O)CC1. The Morgan fingerprint density at radius 2 is 2.07 bits per heavy atom. The number of rotatable bonds is 1. The molecule has 0 spiro atoms. The van der Waals surface area contributed by atoms with Gasteiger partial charge in [-0.2, -0.15) is 0 Å². The third-order valence-corrected chi connectivity index (χ3v) is 2.77. The van der Waals surface area contributed by atoms with Gasteiger partial charge < -0.3 is 9.47 Å². The molecule has 0 amide bonds. The molecule has 2 rings (SSSR count). The summed E-state index contributed by atoms with van der Waals surface area (Å²) in [6.07, 6.45) is 5.26. The fourth-order valence-electron chi connectivity index (χ4n) is 1.74. The minimum Gasteiger partial charge on any atom is -0.351 e. The highest BCUT2D eigenvalue weighted by Gasteiger charge is 2.16. The van der Waals surface area contributed by atoms with Crippen LogP contribution in [-0.2, 0) is 7.05 Å². The summed E-state index contributed by atoms with van der Waals surface area (Å²) in [5.74, 6) is 0.563. The Balaban J connectivity index is 2.27. The van der Waals surface area contributed by atoms with Gasteiger partial charge in [0.25, 0.3) is 5.56 Å². The molecular formula is C11H15N3O. The molecule has 0 radical (unpaired) electrons. The van der Waals surface area contributed by atoms with E-state index >= 15 is 0 Å². The van der Waals surface area contributed by atoms with E-state index in [9.17, 15) is 4.79 Å². The Morgan fingerprint density at radius 3 is 2.73 bits per heavy atom. The summed E-state index contributed by atoms with van der Waals surface area (Å²) < 4.78 is 1.56. The fourth-order valence-corrected chi connectivity index (χ4v) is 1.74. The van der Waals surface area contributed by atoms with Crippen molar-refractivity contribution in [1.29, 1.82) is 0 Å². The summed E-state index contributed by atoms with van der Waals surface area (Å²) >= 11 is 0. The lowest BCUT2D eigenvalue weighted by molar-refractivity contribution is 0.667. The lowest BCUT2D eigenvalue weighted by Gasteiger charge is -2.28. The van der Waals surface area contributed by atoms with Crippen LogP contribution in [0, 0.1) is 0 Å². The van der Waals surface area contributed by atoms with Crippen molar-refractivity contribution in [1.82, 2.24) is 9.55 Å². The first kappa shape index (κ1) is 9.96. The number of aryl methyl sites for hydroxylation is 1. The van der Waals surface area contributed by atoms with Crippen molar-refractivity contribution in [3.8, 4) is 0 Å².